The van der Waals surface area contributed by atoms with Crippen LogP contribution in [0.25, 0.3) is 0 Å². The number of halogens is 1. The number of nitrogens with zero attached hydrogens (tertiary/aromatic N) is 1. The van der Waals surface area contributed by atoms with Crippen molar-refractivity contribution >= 4 is 35.8 Å². The molecule has 4 N–H and O–H groups in total. The van der Waals surface area contributed by atoms with Gasteiger partial charge in [-0.15, -0.1) is 24.0 Å². The molecule has 5 nitrogen and oxygen atoms in total. The van der Waals surface area contributed by atoms with Crippen molar-refractivity contribution in [3.05, 3.63) is 0 Å². The lowest BCUT2D eigenvalue weighted by Gasteiger charge is -2.15. The standard InChI is InChI=1S/C15H30N4O.HI/c1-11(2)5-4-6-12(3)19-15(16)18-10-9-17-14(20)13-7-8-13;/h11-13H,4-10H2,1-3H3,(H,17,20)(H3,16,18,19);1H. The second-order valence-electron chi connectivity index (χ2n) is 6.20. The van der Waals surface area contributed by atoms with E-state index in [-0.39, 0.29) is 35.8 Å². The summed E-state index contributed by atoms with van der Waals surface area (Å²) >= 11 is 0. The molecule has 1 unspecified atom stereocenters. The van der Waals surface area contributed by atoms with E-state index in [1.807, 2.05) is 0 Å². The van der Waals surface area contributed by atoms with Gasteiger partial charge < -0.3 is 16.4 Å². The van der Waals surface area contributed by atoms with E-state index in [1.165, 1.54) is 12.8 Å². The Morgan fingerprint density at radius 3 is 2.52 bits per heavy atom. The molecule has 1 atom stereocenters. The van der Waals surface area contributed by atoms with Gasteiger partial charge in [-0.3, -0.25) is 9.79 Å². The highest BCUT2D eigenvalue weighted by Crippen LogP contribution is 2.28. The van der Waals surface area contributed by atoms with E-state index in [0.717, 1.165) is 25.2 Å². The van der Waals surface area contributed by atoms with Crippen molar-refractivity contribution in [2.45, 2.75) is 58.9 Å². The number of hydrogen-bond acceptors (Lipinski definition) is 2. The summed E-state index contributed by atoms with van der Waals surface area (Å²) in [7, 11) is 0. The molecule has 0 spiro atoms. The Bertz CT molecular complexity index is 330. The van der Waals surface area contributed by atoms with Crippen molar-refractivity contribution in [1.29, 1.82) is 0 Å². The molecule has 0 aromatic carbocycles. The lowest BCUT2D eigenvalue weighted by Crippen LogP contribution is -2.39. The summed E-state index contributed by atoms with van der Waals surface area (Å²) in [6, 6.07) is 0.346. The number of amides is 1. The van der Waals surface area contributed by atoms with Gasteiger partial charge in [0.1, 0.15) is 0 Å². The van der Waals surface area contributed by atoms with Crippen LogP contribution in [0.15, 0.2) is 4.99 Å². The Hall–Kier alpha value is -0.530. The first-order chi connectivity index (χ1) is 9.49. The largest absolute Gasteiger partial charge is 0.370 e. The molecule has 0 aromatic heterocycles. The molecule has 0 aromatic rings. The Labute approximate surface area is 145 Å². The third kappa shape index (κ3) is 10.8. The summed E-state index contributed by atoms with van der Waals surface area (Å²) in [5, 5.41) is 6.06. The normalized spacial score (nSPS) is 16.3. The quantitative estimate of drug-likeness (QED) is 0.236. The Balaban J connectivity index is 0.00000400. The highest BCUT2D eigenvalue weighted by Gasteiger charge is 2.28. The molecule has 0 radical (unpaired) electrons. The second-order valence-corrected chi connectivity index (χ2v) is 6.20. The number of carbonyl (C=O) groups excluding carboxylic acids is 1. The number of hydrogen-bond donors (Lipinski definition) is 3. The third-order valence-electron chi connectivity index (χ3n) is 3.45. The molecule has 0 bridgehead atoms. The van der Waals surface area contributed by atoms with Gasteiger partial charge in [-0.2, -0.15) is 0 Å². The highest BCUT2D eigenvalue weighted by atomic mass is 127. The molecule has 1 rings (SSSR count). The van der Waals surface area contributed by atoms with Crippen molar-refractivity contribution in [3.63, 3.8) is 0 Å². The molecule has 1 amide bonds. The van der Waals surface area contributed by atoms with Crippen LogP contribution in [0, 0.1) is 11.8 Å². The van der Waals surface area contributed by atoms with Crippen LogP contribution in [0.3, 0.4) is 0 Å². The molecule has 1 aliphatic carbocycles. The maximum absolute atomic E-state index is 11.4. The maximum Gasteiger partial charge on any atom is 0.223 e. The van der Waals surface area contributed by atoms with Crippen molar-refractivity contribution in [2.75, 3.05) is 13.1 Å². The van der Waals surface area contributed by atoms with Crippen LogP contribution in [0.2, 0.25) is 0 Å². The predicted molar refractivity (Wildman–Crippen MR) is 98.9 cm³/mol. The molecule has 1 aliphatic rings. The van der Waals surface area contributed by atoms with Crippen LogP contribution in [0.4, 0.5) is 0 Å². The number of nitrogens with two attached hydrogens (primary N) is 1. The molecular weight excluding hydrogens is 379 g/mol. The summed E-state index contributed by atoms with van der Waals surface area (Å²) in [6.07, 6.45) is 5.62. The summed E-state index contributed by atoms with van der Waals surface area (Å²) in [6.45, 7) is 7.71. The van der Waals surface area contributed by atoms with Crippen LogP contribution in [-0.4, -0.2) is 31.0 Å². The van der Waals surface area contributed by atoms with E-state index in [2.05, 4.69) is 36.4 Å². The smallest absolute Gasteiger partial charge is 0.223 e. The zero-order valence-corrected chi connectivity index (χ0v) is 15.9. The molecule has 0 saturated heterocycles. The zero-order valence-electron chi connectivity index (χ0n) is 13.5. The topological polar surface area (TPSA) is 79.5 Å². The van der Waals surface area contributed by atoms with E-state index in [0.29, 0.717) is 25.1 Å². The summed E-state index contributed by atoms with van der Waals surface area (Å²) < 4.78 is 0. The summed E-state index contributed by atoms with van der Waals surface area (Å²) in [5.41, 5.74) is 5.82. The second kappa shape index (κ2) is 11.1. The van der Waals surface area contributed by atoms with E-state index >= 15 is 0 Å². The number of carbonyl (C=O) groups is 1. The third-order valence-corrected chi connectivity index (χ3v) is 3.45. The average Bonchev–Trinajstić information content (AvgIpc) is 3.17. The minimum Gasteiger partial charge on any atom is -0.370 e. The molecule has 1 fully saturated rings. The van der Waals surface area contributed by atoms with Crippen LogP contribution in [-0.2, 0) is 4.79 Å². The van der Waals surface area contributed by atoms with Gasteiger partial charge in [-0.25, -0.2) is 0 Å². The predicted octanol–water partition coefficient (Wildman–Crippen LogP) is 2.25. The van der Waals surface area contributed by atoms with Gasteiger partial charge in [-0.05, 0) is 32.1 Å². The SMILES string of the molecule is CC(C)CCCC(C)NC(N)=NCCNC(=O)C1CC1.I. The fourth-order valence-corrected chi connectivity index (χ4v) is 2.05. The fourth-order valence-electron chi connectivity index (χ4n) is 2.05. The Morgan fingerprint density at radius 1 is 1.29 bits per heavy atom. The summed E-state index contributed by atoms with van der Waals surface area (Å²) in [5.74, 6) is 1.65. The van der Waals surface area contributed by atoms with Gasteiger partial charge in [0.05, 0.1) is 6.54 Å². The zero-order chi connectivity index (χ0) is 15.0. The number of guanidine groups is 1. The van der Waals surface area contributed by atoms with Gasteiger partial charge in [0, 0.05) is 18.5 Å². The highest BCUT2D eigenvalue weighted by molar-refractivity contribution is 14.0. The molecule has 6 heteroatoms. The minimum atomic E-state index is 0. The van der Waals surface area contributed by atoms with Crippen molar-refractivity contribution in [3.8, 4) is 0 Å². The van der Waals surface area contributed by atoms with E-state index in [4.69, 9.17) is 5.73 Å². The average molecular weight is 410 g/mol. The van der Waals surface area contributed by atoms with Crippen LogP contribution >= 0.6 is 24.0 Å². The van der Waals surface area contributed by atoms with Crippen molar-refractivity contribution < 1.29 is 4.79 Å². The molecular formula is C15H31IN4O. The van der Waals surface area contributed by atoms with Crippen LogP contribution in [0.5, 0.6) is 0 Å². The number of nitrogens with one attached hydrogen (secondary N) is 2. The first-order valence-electron chi connectivity index (χ1n) is 7.83. The number of rotatable bonds is 9. The molecule has 21 heavy (non-hydrogen) atoms. The van der Waals surface area contributed by atoms with Crippen LogP contribution < -0.4 is 16.4 Å². The van der Waals surface area contributed by atoms with Crippen molar-refractivity contribution in [1.82, 2.24) is 10.6 Å². The summed E-state index contributed by atoms with van der Waals surface area (Å²) in [4.78, 5) is 15.6. The number of aliphatic imine (C=N–C) groups is 1. The lowest BCUT2D eigenvalue weighted by atomic mass is 10.0. The first kappa shape index (κ1) is 20.5. The van der Waals surface area contributed by atoms with Gasteiger partial charge in [0.15, 0.2) is 5.96 Å². The fraction of sp³-hybridized carbons (Fsp3) is 0.867. The molecule has 0 aliphatic heterocycles. The van der Waals surface area contributed by atoms with Gasteiger partial charge in [0.2, 0.25) is 5.91 Å². The van der Waals surface area contributed by atoms with E-state index in [9.17, 15) is 4.79 Å². The maximum atomic E-state index is 11.4. The Kier molecular flexibility index (Phi) is 10.8. The van der Waals surface area contributed by atoms with Crippen LogP contribution in [0.1, 0.15) is 52.9 Å². The lowest BCUT2D eigenvalue weighted by molar-refractivity contribution is -0.122. The molecule has 0 heterocycles. The van der Waals surface area contributed by atoms with Gasteiger partial charge in [0.25, 0.3) is 0 Å². The van der Waals surface area contributed by atoms with E-state index in [1.54, 1.807) is 0 Å². The van der Waals surface area contributed by atoms with Crippen molar-refractivity contribution in [2.24, 2.45) is 22.6 Å². The monoisotopic (exact) mass is 410 g/mol. The molecule has 1 saturated carbocycles. The minimum absolute atomic E-state index is 0. The van der Waals surface area contributed by atoms with Gasteiger partial charge in [-0.1, -0.05) is 26.7 Å². The van der Waals surface area contributed by atoms with E-state index < -0.39 is 0 Å². The van der Waals surface area contributed by atoms with Gasteiger partial charge >= 0.3 is 0 Å². The first-order valence-corrected chi connectivity index (χ1v) is 7.83. The molecule has 124 valence electrons. The Morgan fingerprint density at radius 2 is 1.95 bits per heavy atom.